The number of rotatable bonds is 8. The molecule has 0 aliphatic carbocycles. The molecular weight excluding hydrogens is 492 g/mol. The van der Waals surface area contributed by atoms with Crippen LogP contribution in [0.25, 0.3) is 11.0 Å². The van der Waals surface area contributed by atoms with E-state index in [1.54, 1.807) is 12.1 Å². The number of esters is 1. The van der Waals surface area contributed by atoms with E-state index < -0.39 is 0 Å². The van der Waals surface area contributed by atoms with Gasteiger partial charge in [-0.3, -0.25) is 9.59 Å². The van der Waals surface area contributed by atoms with Crippen LogP contribution in [0, 0.1) is 0 Å². The number of carbonyl (C=O) groups excluding carboxylic acids is 1. The molecule has 0 N–H and O–H groups in total. The van der Waals surface area contributed by atoms with Gasteiger partial charge in [0.05, 0.1) is 12.0 Å². The first-order chi connectivity index (χ1) is 18.4. The van der Waals surface area contributed by atoms with E-state index in [1.807, 2.05) is 36.4 Å². The average molecular weight is 529 g/mol. The molecule has 0 saturated carbocycles. The number of fused-ring (bicyclic) bond motifs is 1. The summed E-state index contributed by atoms with van der Waals surface area (Å²) in [5.41, 5.74) is 2.52. The van der Waals surface area contributed by atoms with E-state index in [0.29, 0.717) is 35.5 Å². The van der Waals surface area contributed by atoms with Crippen molar-refractivity contribution in [2.75, 3.05) is 6.61 Å². The van der Waals surface area contributed by atoms with Gasteiger partial charge in [-0.1, -0.05) is 65.8 Å². The molecule has 204 valence electrons. The van der Waals surface area contributed by atoms with Gasteiger partial charge in [-0.15, -0.1) is 0 Å². The summed E-state index contributed by atoms with van der Waals surface area (Å²) in [6, 6.07) is 20.3. The Bertz CT molecular complexity index is 1480. The fourth-order valence-corrected chi connectivity index (χ4v) is 4.02. The maximum absolute atomic E-state index is 12.9. The summed E-state index contributed by atoms with van der Waals surface area (Å²) in [5, 5.41) is 0.337. The lowest BCUT2D eigenvalue weighted by Crippen LogP contribution is -2.11. The van der Waals surface area contributed by atoms with Gasteiger partial charge in [0.25, 0.3) is 0 Å². The second-order valence-electron chi connectivity index (χ2n) is 11.7. The van der Waals surface area contributed by atoms with Gasteiger partial charge in [0, 0.05) is 12.5 Å². The van der Waals surface area contributed by atoms with Gasteiger partial charge in [-0.05, 0) is 64.8 Å². The molecule has 0 unspecified atom stereocenters. The van der Waals surface area contributed by atoms with Crippen LogP contribution in [0.4, 0.5) is 0 Å². The van der Waals surface area contributed by atoms with Crippen molar-refractivity contribution >= 4 is 16.9 Å². The highest BCUT2D eigenvalue weighted by Gasteiger charge is 2.16. The number of hydrogen-bond acceptors (Lipinski definition) is 6. The summed E-state index contributed by atoms with van der Waals surface area (Å²) in [6.07, 6.45) is 1.99. The molecule has 1 aromatic heterocycles. The summed E-state index contributed by atoms with van der Waals surface area (Å²) in [4.78, 5) is 25.3. The predicted molar refractivity (Wildman–Crippen MR) is 153 cm³/mol. The Morgan fingerprint density at radius 3 is 1.92 bits per heavy atom. The average Bonchev–Trinajstić information content (AvgIpc) is 2.88. The number of benzene rings is 3. The molecule has 0 atom stereocenters. The third-order valence-corrected chi connectivity index (χ3v) is 6.41. The molecule has 0 aliphatic rings. The topological polar surface area (TPSA) is 75.0 Å². The normalized spacial score (nSPS) is 11.8. The molecule has 0 amide bonds. The molecular formula is C33H36O6. The van der Waals surface area contributed by atoms with Crippen molar-refractivity contribution in [3.63, 3.8) is 0 Å². The van der Waals surface area contributed by atoms with Crippen molar-refractivity contribution in [3.8, 4) is 23.0 Å². The van der Waals surface area contributed by atoms with Crippen LogP contribution in [0.15, 0.2) is 82.2 Å². The molecule has 1 heterocycles. The van der Waals surface area contributed by atoms with Crippen molar-refractivity contribution in [1.29, 1.82) is 0 Å². The van der Waals surface area contributed by atoms with Gasteiger partial charge >= 0.3 is 5.97 Å². The molecule has 4 aromatic rings. The lowest BCUT2D eigenvalue weighted by Gasteiger charge is -2.19. The van der Waals surface area contributed by atoms with Gasteiger partial charge in [-0.2, -0.15) is 0 Å². The minimum absolute atomic E-state index is 0.0222. The Balaban J connectivity index is 1.31. The van der Waals surface area contributed by atoms with E-state index in [-0.39, 0.29) is 34.4 Å². The van der Waals surface area contributed by atoms with Crippen LogP contribution in [-0.2, 0) is 15.6 Å². The largest absolute Gasteiger partial charge is 0.494 e. The molecule has 0 spiro atoms. The predicted octanol–water partition coefficient (Wildman–Crippen LogP) is 7.94. The van der Waals surface area contributed by atoms with Crippen molar-refractivity contribution in [2.45, 2.75) is 65.2 Å². The van der Waals surface area contributed by atoms with Crippen LogP contribution < -0.4 is 19.6 Å². The van der Waals surface area contributed by atoms with Gasteiger partial charge in [0.2, 0.25) is 11.2 Å². The van der Waals surface area contributed by atoms with Crippen LogP contribution in [0.5, 0.6) is 23.0 Å². The van der Waals surface area contributed by atoms with Gasteiger partial charge in [-0.25, -0.2) is 0 Å². The Hall–Kier alpha value is -4.06. The zero-order valence-electron chi connectivity index (χ0n) is 23.5. The van der Waals surface area contributed by atoms with Crippen LogP contribution in [0.1, 0.15) is 65.5 Å². The molecule has 4 rings (SSSR count). The quantitative estimate of drug-likeness (QED) is 0.131. The highest BCUT2D eigenvalue weighted by Crippen LogP contribution is 2.28. The third-order valence-electron chi connectivity index (χ3n) is 6.41. The standard InChI is InChI=1S/C33H36O6/c1-32(2,3)22-9-13-24(14-10-22)36-19-7-8-30(34)39-26-17-18-27-28(20-26)37-21-29(31(27)35)38-25-15-11-23(12-16-25)33(4,5)6/h9-18,20-21H,7-8,19H2,1-6H3. The van der Waals surface area contributed by atoms with Crippen molar-refractivity contribution in [2.24, 2.45) is 0 Å². The highest BCUT2D eigenvalue weighted by molar-refractivity contribution is 5.80. The van der Waals surface area contributed by atoms with Crippen LogP contribution in [0.3, 0.4) is 0 Å². The molecule has 3 aromatic carbocycles. The molecule has 0 fully saturated rings. The molecule has 0 bridgehead atoms. The second-order valence-corrected chi connectivity index (χ2v) is 11.7. The maximum atomic E-state index is 12.9. The summed E-state index contributed by atoms with van der Waals surface area (Å²) in [6.45, 7) is 13.3. The minimum Gasteiger partial charge on any atom is -0.494 e. The van der Waals surface area contributed by atoms with E-state index in [2.05, 4.69) is 53.7 Å². The van der Waals surface area contributed by atoms with E-state index in [9.17, 15) is 9.59 Å². The fourth-order valence-electron chi connectivity index (χ4n) is 4.02. The number of hydrogen-bond donors (Lipinski definition) is 0. The van der Waals surface area contributed by atoms with Crippen LogP contribution in [0.2, 0.25) is 0 Å². The second kappa shape index (κ2) is 11.4. The van der Waals surface area contributed by atoms with E-state index in [1.165, 1.54) is 23.5 Å². The van der Waals surface area contributed by atoms with Gasteiger partial charge < -0.3 is 18.6 Å². The molecule has 0 radical (unpaired) electrons. The van der Waals surface area contributed by atoms with Crippen LogP contribution in [-0.4, -0.2) is 12.6 Å². The van der Waals surface area contributed by atoms with Gasteiger partial charge in [0.1, 0.15) is 29.1 Å². The Kier molecular flexibility index (Phi) is 8.14. The lowest BCUT2D eigenvalue weighted by molar-refractivity contribution is -0.134. The monoisotopic (exact) mass is 528 g/mol. The first-order valence-corrected chi connectivity index (χ1v) is 13.2. The first-order valence-electron chi connectivity index (χ1n) is 13.2. The molecule has 0 saturated heterocycles. The summed E-state index contributed by atoms with van der Waals surface area (Å²) >= 11 is 0. The van der Waals surface area contributed by atoms with Crippen molar-refractivity contribution < 1.29 is 23.4 Å². The molecule has 6 heteroatoms. The summed E-state index contributed by atoms with van der Waals surface area (Å²) in [5.74, 6) is 1.32. The maximum Gasteiger partial charge on any atom is 0.311 e. The Morgan fingerprint density at radius 2 is 1.33 bits per heavy atom. The zero-order chi connectivity index (χ0) is 28.2. The Labute approximate surface area is 229 Å². The van der Waals surface area contributed by atoms with Crippen LogP contribution >= 0.6 is 0 Å². The minimum atomic E-state index is -0.387. The van der Waals surface area contributed by atoms with Crippen molar-refractivity contribution in [1.82, 2.24) is 0 Å². The van der Waals surface area contributed by atoms with Gasteiger partial charge in [0.15, 0.2) is 0 Å². The lowest BCUT2D eigenvalue weighted by atomic mass is 9.87. The number of carbonyl (C=O) groups is 1. The molecule has 6 nitrogen and oxygen atoms in total. The number of ether oxygens (including phenoxy) is 3. The summed E-state index contributed by atoms with van der Waals surface area (Å²) < 4.78 is 22.6. The summed E-state index contributed by atoms with van der Waals surface area (Å²) in [7, 11) is 0. The Morgan fingerprint density at radius 1 is 0.769 bits per heavy atom. The molecule has 0 aliphatic heterocycles. The third kappa shape index (κ3) is 7.29. The van der Waals surface area contributed by atoms with Crippen molar-refractivity contribution in [3.05, 3.63) is 94.3 Å². The smallest absolute Gasteiger partial charge is 0.311 e. The first kappa shape index (κ1) is 28.0. The zero-order valence-corrected chi connectivity index (χ0v) is 23.5. The van der Waals surface area contributed by atoms with E-state index in [0.717, 1.165) is 5.75 Å². The SMILES string of the molecule is CC(C)(C)c1ccc(OCCCC(=O)Oc2ccc3c(=O)c(Oc4ccc(C(C)(C)C)cc4)coc3c2)cc1. The molecule has 39 heavy (non-hydrogen) atoms. The highest BCUT2D eigenvalue weighted by atomic mass is 16.5. The van der Waals surface area contributed by atoms with E-state index >= 15 is 0 Å². The fraction of sp³-hybridized carbons (Fsp3) is 0.333. The van der Waals surface area contributed by atoms with E-state index in [4.69, 9.17) is 18.6 Å².